The van der Waals surface area contributed by atoms with Crippen molar-refractivity contribution in [3.63, 3.8) is 0 Å². The standard InChI is InChI=1S/C16H17NO4/c1-20-13-4-2-3-11(7-13)17-16(9-18)10-21-15-8-12(19)5-6-14(15)16/h2-8,17-19H,9-10H2,1H3. The minimum absolute atomic E-state index is 0.123. The van der Waals surface area contributed by atoms with Crippen LogP contribution in [0.2, 0.25) is 0 Å². The summed E-state index contributed by atoms with van der Waals surface area (Å²) >= 11 is 0. The number of hydrogen-bond acceptors (Lipinski definition) is 5. The second kappa shape index (κ2) is 5.18. The predicted molar refractivity (Wildman–Crippen MR) is 79.0 cm³/mol. The molecule has 21 heavy (non-hydrogen) atoms. The molecule has 2 aromatic carbocycles. The van der Waals surface area contributed by atoms with Crippen molar-refractivity contribution in [2.24, 2.45) is 0 Å². The Kier molecular flexibility index (Phi) is 3.35. The zero-order valence-corrected chi connectivity index (χ0v) is 11.7. The highest BCUT2D eigenvalue weighted by atomic mass is 16.5. The molecule has 5 heteroatoms. The van der Waals surface area contributed by atoms with Gasteiger partial charge in [0.1, 0.15) is 29.4 Å². The Bertz CT molecular complexity index is 658. The average Bonchev–Trinajstić information content (AvgIpc) is 2.86. The van der Waals surface area contributed by atoms with Crippen molar-refractivity contribution in [2.75, 3.05) is 25.6 Å². The first-order valence-electron chi connectivity index (χ1n) is 6.66. The van der Waals surface area contributed by atoms with Gasteiger partial charge in [-0.2, -0.15) is 0 Å². The molecule has 0 spiro atoms. The van der Waals surface area contributed by atoms with Crippen LogP contribution in [0, 0.1) is 0 Å². The molecule has 0 aliphatic carbocycles. The van der Waals surface area contributed by atoms with Crippen LogP contribution in [0.25, 0.3) is 0 Å². The van der Waals surface area contributed by atoms with Gasteiger partial charge in [-0.1, -0.05) is 6.07 Å². The van der Waals surface area contributed by atoms with E-state index in [1.165, 1.54) is 0 Å². The Hall–Kier alpha value is -2.40. The number of aromatic hydroxyl groups is 1. The Labute approximate surface area is 122 Å². The summed E-state index contributed by atoms with van der Waals surface area (Å²) in [6.45, 7) is 0.168. The number of phenols is 1. The molecule has 1 unspecified atom stereocenters. The second-order valence-corrected chi connectivity index (χ2v) is 5.07. The number of nitrogens with one attached hydrogen (secondary N) is 1. The molecule has 3 rings (SSSR count). The largest absolute Gasteiger partial charge is 0.508 e. The van der Waals surface area contributed by atoms with E-state index in [4.69, 9.17) is 9.47 Å². The van der Waals surface area contributed by atoms with Crippen molar-refractivity contribution in [2.45, 2.75) is 5.54 Å². The van der Waals surface area contributed by atoms with Crippen molar-refractivity contribution in [3.05, 3.63) is 48.0 Å². The first-order valence-corrected chi connectivity index (χ1v) is 6.66. The van der Waals surface area contributed by atoms with Crippen LogP contribution in [0.15, 0.2) is 42.5 Å². The molecular formula is C16H17NO4. The molecule has 1 atom stereocenters. The lowest BCUT2D eigenvalue weighted by Gasteiger charge is -2.28. The highest BCUT2D eigenvalue weighted by Gasteiger charge is 2.40. The predicted octanol–water partition coefficient (Wildman–Crippen LogP) is 2.09. The van der Waals surface area contributed by atoms with Crippen LogP contribution in [-0.4, -0.2) is 30.5 Å². The number of methoxy groups -OCH3 is 1. The number of phenolic OH excluding ortho intramolecular Hbond substituents is 1. The summed E-state index contributed by atoms with van der Waals surface area (Å²) in [6.07, 6.45) is 0. The molecule has 0 fully saturated rings. The van der Waals surface area contributed by atoms with Gasteiger partial charge in [0.15, 0.2) is 0 Å². The first-order chi connectivity index (χ1) is 10.2. The fourth-order valence-electron chi connectivity index (χ4n) is 2.56. The fraction of sp³-hybridized carbons (Fsp3) is 0.250. The van der Waals surface area contributed by atoms with E-state index < -0.39 is 5.54 Å². The summed E-state index contributed by atoms with van der Waals surface area (Å²) < 4.78 is 10.8. The lowest BCUT2D eigenvalue weighted by atomic mass is 9.92. The molecule has 0 radical (unpaired) electrons. The summed E-state index contributed by atoms with van der Waals surface area (Å²) in [5.41, 5.74) is 0.925. The van der Waals surface area contributed by atoms with Gasteiger partial charge in [-0.3, -0.25) is 0 Å². The van der Waals surface area contributed by atoms with Gasteiger partial charge in [0.25, 0.3) is 0 Å². The van der Waals surface area contributed by atoms with E-state index >= 15 is 0 Å². The van der Waals surface area contributed by atoms with Gasteiger partial charge in [0.05, 0.1) is 13.7 Å². The van der Waals surface area contributed by atoms with E-state index in [2.05, 4.69) is 5.32 Å². The maximum atomic E-state index is 9.88. The molecule has 0 aromatic heterocycles. The molecule has 1 heterocycles. The molecule has 1 aliphatic rings. The first kappa shape index (κ1) is 13.6. The molecule has 3 N–H and O–H groups in total. The zero-order chi connectivity index (χ0) is 14.9. The van der Waals surface area contributed by atoms with Crippen molar-refractivity contribution < 1.29 is 19.7 Å². The Morgan fingerprint density at radius 1 is 1.29 bits per heavy atom. The Balaban J connectivity index is 1.96. The number of ether oxygens (including phenoxy) is 2. The normalized spacial score (nSPS) is 19.7. The van der Waals surface area contributed by atoms with E-state index in [-0.39, 0.29) is 12.4 Å². The Morgan fingerprint density at radius 3 is 2.90 bits per heavy atom. The summed E-state index contributed by atoms with van der Waals surface area (Å²) in [4.78, 5) is 0. The van der Waals surface area contributed by atoms with E-state index in [1.54, 1.807) is 25.3 Å². The SMILES string of the molecule is COc1cccc(NC2(CO)COc3cc(O)ccc32)c1. The molecular weight excluding hydrogens is 270 g/mol. The lowest BCUT2D eigenvalue weighted by Crippen LogP contribution is -2.40. The van der Waals surface area contributed by atoms with Crippen LogP contribution in [0.3, 0.4) is 0 Å². The third-order valence-electron chi connectivity index (χ3n) is 3.68. The minimum Gasteiger partial charge on any atom is -0.508 e. The third kappa shape index (κ3) is 2.36. The van der Waals surface area contributed by atoms with Crippen molar-refractivity contribution in [1.82, 2.24) is 0 Å². The molecule has 0 amide bonds. The molecule has 1 aliphatic heterocycles. The van der Waals surface area contributed by atoms with Crippen molar-refractivity contribution >= 4 is 5.69 Å². The lowest BCUT2D eigenvalue weighted by molar-refractivity contribution is 0.177. The van der Waals surface area contributed by atoms with Crippen LogP contribution >= 0.6 is 0 Å². The van der Waals surface area contributed by atoms with Crippen molar-refractivity contribution in [1.29, 1.82) is 0 Å². The zero-order valence-electron chi connectivity index (χ0n) is 11.7. The molecule has 0 saturated heterocycles. The van der Waals surface area contributed by atoms with Crippen LogP contribution in [0.5, 0.6) is 17.2 Å². The van der Waals surface area contributed by atoms with E-state index in [0.717, 1.165) is 17.0 Å². The van der Waals surface area contributed by atoms with Gasteiger partial charge >= 0.3 is 0 Å². The number of fused-ring (bicyclic) bond motifs is 1. The summed E-state index contributed by atoms with van der Waals surface area (Å²) in [5, 5.41) is 22.7. The summed E-state index contributed by atoms with van der Waals surface area (Å²) in [5.74, 6) is 1.46. The highest BCUT2D eigenvalue weighted by molar-refractivity contribution is 5.56. The monoisotopic (exact) mass is 287 g/mol. The van der Waals surface area contributed by atoms with Crippen LogP contribution < -0.4 is 14.8 Å². The quantitative estimate of drug-likeness (QED) is 0.803. The van der Waals surface area contributed by atoms with E-state index in [1.807, 2.05) is 24.3 Å². The van der Waals surface area contributed by atoms with Gasteiger partial charge in [-0.05, 0) is 24.3 Å². The maximum absolute atomic E-state index is 9.88. The van der Waals surface area contributed by atoms with Crippen molar-refractivity contribution in [3.8, 4) is 17.2 Å². The topological polar surface area (TPSA) is 71.0 Å². The third-order valence-corrected chi connectivity index (χ3v) is 3.68. The number of aliphatic hydroxyl groups excluding tert-OH is 1. The van der Waals surface area contributed by atoms with Crippen LogP contribution in [0.1, 0.15) is 5.56 Å². The highest BCUT2D eigenvalue weighted by Crippen LogP contribution is 2.41. The van der Waals surface area contributed by atoms with Crippen LogP contribution in [-0.2, 0) is 5.54 Å². The summed E-state index contributed by atoms with van der Waals surface area (Å²) in [7, 11) is 1.61. The van der Waals surface area contributed by atoms with Crippen LogP contribution in [0.4, 0.5) is 5.69 Å². The maximum Gasteiger partial charge on any atom is 0.128 e. The molecule has 110 valence electrons. The summed E-state index contributed by atoms with van der Waals surface area (Å²) in [6, 6.07) is 12.4. The van der Waals surface area contributed by atoms with Gasteiger partial charge in [0, 0.05) is 23.4 Å². The Morgan fingerprint density at radius 2 is 2.14 bits per heavy atom. The smallest absolute Gasteiger partial charge is 0.128 e. The fourth-order valence-corrected chi connectivity index (χ4v) is 2.56. The number of hydrogen-bond donors (Lipinski definition) is 3. The molecule has 5 nitrogen and oxygen atoms in total. The second-order valence-electron chi connectivity index (χ2n) is 5.07. The van der Waals surface area contributed by atoms with E-state index in [9.17, 15) is 10.2 Å². The molecule has 0 bridgehead atoms. The van der Waals surface area contributed by atoms with Gasteiger partial charge in [-0.25, -0.2) is 0 Å². The number of anilines is 1. The van der Waals surface area contributed by atoms with Gasteiger partial charge in [0.2, 0.25) is 0 Å². The average molecular weight is 287 g/mol. The number of aliphatic hydroxyl groups is 1. The minimum atomic E-state index is -0.727. The number of rotatable bonds is 4. The van der Waals surface area contributed by atoms with Gasteiger partial charge < -0.3 is 25.0 Å². The number of benzene rings is 2. The molecule has 0 saturated carbocycles. The molecule has 2 aromatic rings. The van der Waals surface area contributed by atoms with E-state index in [0.29, 0.717) is 12.4 Å². The van der Waals surface area contributed by atoms with Gasteiger partial charge in [-0.15, -0.1) is 0 Å².